The molecule has 3 atom stereocenters. The Bertz CT molecular complexity index is 1030. The van der Waals surface area contributed by atoms with Crippen LogP contribution >= 0.6 is 8.03 Å². The van der Waals surface area contributed by atoms with Gasteiger partial charge in [-0.3, -0.25) is 14.4 Å². The van der Waals surface area contributed by atoms with E-state index in [-0.39, 0.29) is 6.61 Å². The third-order valence-electron chi connectivity index (χ3n) is 4.81. The predicted octanol–water partition coefficient (Wildman–Crippen LogP) is 2.55. The summed E-state index contributed by atoms with van der Waals surface area (Å²) in [5.74, 6) is -3.26. The van der Waals surface area contributed by atoms with Crippen LogP contribution in [0.4, 0.5) is 4.79 Å². The Kier molecular flexibility index (Phi) is 11.0. The number of rotatable bonds is 13. The number of ether oxygens (including phenoxy) is 1. The molecule has 2 rings (SSSR count). The van der Waals surface area contributed by atoms with Gasteiger partial charge in [0.15, 0.2) is 12.4 Å². The summed E-state index contributed by atoms with van der Waals surface area (Å²) in [6.07, 6.45) is -1.55. The molecule has 186 valence electrons. The first-order valence-electron chi connectivity index (χ1n) is 10.8. The van der Waals surface area contributed by atoms with E-state index in [1.165, 1.54) is 0 Å². The molecule has 0 aliphatic carbocycles. The smallest absolute Gasteiger partial charge is 0.481 e. The number of carbonyl (C=O) groups is 4. The van der Waals surface area contributed by atoms with E-state index in [2.05, 4.69) is 10.6 Å². The van der Waals surface area contributed by atoms with Crippen LogP contribution in [-0.4, -0.2) is 47.6 Å². The number of hydrogen-bond donors (Lipinski definition) is 3. The highest BCUT2D eigenvalue weighted by Gasteiger charge is 2.32. The molecule has 0 aromatic heterocycles. The van der Waals surface area contributed by atoms with Crippen molar-refractivity contribution < 1.29 is 38.1 Å². The molecule has 35 heavy (non-hydrogen) atoms. The molecule has 0 radical (unpaired) electrons. The number of carbonyl (C=O) groups excluding carboxylic acids is 3. The lowest BCUT2D eigenvalue weighted by atomic mass is 10.0. The maximum absolute atomic E-state index is 12.8. The molecular formula is C24H28N2O8P+. The number of Topliss-reactive ketones (excluding diaryl/α,β-unsaturated/α-hetero) is 1. The zero-order valence-corrected chi connectivity index (χ0v) is 20.3. The first-order valence-corrected chi connectivity index (χ1v) is 12.0. The predicted molar refractivity (Wildman–Crippen MR) is 127 cm³/mol. The number of nitrogens with one attached hydrogen (secondary N) is 2. The van der Waals surface area contributed by atoms with Gasteiger partial charge in [0, 0.05) is 0 Å². The zero-order chi connectivity index (χ0) is 25.8. The van der Waals surface area contributed by atoms with Crippen molar-refractivity contribution in [2.24, 2.45) is 5.92 Å². The minimum Gasteiger partial charge on any atom is -0.481 e. The maximum Gasteiger partial charge on any atom is 0.549 e. The van der Waals surface area contributed by atoms with E-state index in [9.17, 15) is 28.8 Å². The number of carboxylic acid groups (broad SMARTS) is 1. The minimum absolute atomic E-state index is 0.00381. The summed E-state index contributed by atoms with van der Waals surface area (Å²) in [7, 11) is -2.34. The normalized spacial score (nSPS) is 12.8. The van der Waals surface area contributed by atoms with E-state index in [0.717, 1.165) is 5.56 Å². The van der Waals surface area contributed by atoms with Gasteiger partial charge in [0.05, 0.1) is 6.42 Å². The van der Waals surface area contributed by atoms with Gasteiger partial charge in [-0.05, 0) is 28.2 Å². The molecule has 0 heterocycles. The van der Waals surface area contributed by atoms with Gasteiger partial charge >= 0.3 is 20.1 Å². The Labute approximate surface area is 203 Å². The van der Waals surface area contributed by atoms with E-state index >= 15 is 0 Å². The third kappa shape index (κ3) is 9.64. The van der Waals surface area contributed by atoms with Gasteiger partial charge in [0.25, 0.3) is 0 Å². The first-order chi connectivity index (χ1) is 16.7. The first kappa shape index (κ1) is 27.6. The van der Waals surface area contributed by atoms with Crippen LogP contribution in [-0.2, 0) is 34.8 Å². The summed E-state index contributed by atoms with van der Waals surface area (Å²) in [6, 6.07) is 14.6. The monoisotopic (exact) mass is 503 g/mol. The van der Waals surface area contributed by atoms with Gasteiger partial charge in [-0.25, -0.2) is 4.79 Å². The molecule has 0 saturated heterocycles. The molecule has 0 aliphatic heterocycles. The Hall–Kier alpha value is -3.62. The average Bonchev–Trinajstić information content (AvgIpc) is 2.84. The van der Waals surface area contributed by atoms with Crippen molar-refractivity contribution in [3.8, 4) is 0 Å². The largest absolute Gasteiger partial charge is 0.549 e. The number of amides is 2. The minimum atomic E-state index is -2.34. The standard InChI is InChI=1S/C24H27N2O8P/c1-16(2)22(26-24(31)33-14-17-9-5-3-6-10-17)23(30)25-19(13-21(28)29)20(27)15-34-35(32)18-11-7-4-8-12-18/h3-12,16,19,22H,13-15H2,1-2H3,(H2-,25,26,28,29,30,31)/p+1/t19-,22-/m0/s1. The molecule has 0 saturated carbocycles. The van der Waals surface area contributed by atoms with Crippen LogP contribution in [0.25, 0.3) is 0 Å². The molecule has 2 aromatic carbocycles. The van der Waals surface area contributed by atoms with E-state index in [0.29, 0.717) is 5.30 Å². The molecule has 1 unspecified atom stereocenters. The van der Waals surface area contributed by atoms with E-state index < -0.39 is 62.8 Å². The highest BCUT2D eigenvalue weighted by Crippen LogP contribution is 2.21. The summed E-state index contributed by atoms with van der Waals surface area (Å²) >= 11 is 0. The highest BCUT2D eigenvalue weighted by molar-refractivity contribution is 7.48. The van der Waals surface area contributed by atoms with Crippen LogP contribution in [0.3, 0.4) is 0 Å². The number of hydrogen-bond acceptors (Lipinski definition) is 7. The van der Waals surface area contributed by atoms with E-state index in [1.54, 1.807) is 68.4 Å². The van der Waals surface area contributed by atoms with Crippen molar-refractivity contribution in [1.82, 2.24) is 10.6 Å². The fourth-order valence-electron chi connectivity index (χ4n) is 2.96. The Morgan fingerprint density at radius 1 is 0.943 bits per heavy atom. The number of ketones is 1. The van der Waals surface area contributed by atoms with Crippen LogP contribution < -0.4 is 15.9 Å². The van der Waals surface area contributed by atoms with E-state index in [4.69, 9.17) is 9.26 Å². The quantitative estimate of drug-likeness (QED) is 0.353. The number of carboxylic acids is 1. The van der Waals surface area contributed by atoms with Crippen molar-refractivity contribution in [3.63, 3.8) is 0 Å². The van der Waals surface area contributed by atoms with Crippen LogP contribution in [0.1, 0.15) is 25.8 Å². The van der Waals surface area contributed by atoms with Crippen molar-refractivity contribution >= 4 is 37.1 Å². The fraction of sp³-hybridized carbons (Fsp3) is 0.333. The molecule has 3 N–H and O–H groups in total. The van der Waals surface area contributed by atoms with Gasteiger partial charge in [0.1, 0.15) is 18.7 Å². The Morgan fingerprint density at radius 3 is 2.11 bits per heavy atom. The SMILES string of the molecule is CC(C)[C@H](NC(=O)OCc1ccccc1)C(=O)N[C@@H](CC(=O)O)C(=O)CO[P+](=O)c1ccccc1. The topological polar surface area (TPSA) is 148 Å². The third-order valence-corrected chi connectivity index (χ3v) is 5.89. The zero-order valence-electron chi connectivity index (χ0n) is 19.4. The van der Waals surface area contributed by atoms with Crippen LogP contribution in [0.2, 0.25) is 0 Å². The second-order valence-corrected chi connectivity index (χ2v) is 9.21. The van der Waals surface area contributed by atoms with Crippen molar-refractivity contribution in [2.75, 3.05) is 6.61 Å². The van der Waals surface area contributed by atoms with Gasteiger partial charge < -0.3 is 20.5 Å². The van der Waals surface area contributed by atoms with Crippen molar-refractivity contribution in [1.29, 1.82) is 0 Å². The van der Waals surface area contributed by atoms with Gasteiger partial charge in [-0.2, -0.15) is 0 Å². The average molecular weight is 503 g/mol. The molecule has 0 bridgehead atoms. The molecule has 0 spiro atoms. The highest BCUT2D eigenvalue weighted by atomic mass is 31.1. The van der Waals surface area contributed by atoms with Gasteiger partial charge in [-0.1, -0.05) is 62.4 Å². The van der Waals surface area contributed by atoms with Gasteiger partial charge in [-0.15, -0.1) is 4.52 Å². The van der Waals surface area contributed by atoms with E-state index in [1.807, 2.05) is 6.07 Å². The molecular weight excluding hydrogens is 475 g/mol. The number of aliphatic carboxylic acids is 1. The second-order valence-electron chi connectivity index (χ2n) is 7.92. The maximum atomic E-state index is 12.8. The van der Waals surface area contributed by atoms with Crippen molar-refractivity contribution in [3.05, 3.63) is 66.2 Å². The number of alkyl carbamates (subject to hydrolysis) is 1. The van der Waals surface area contributed by atoms with Gasteiger partial charge in [0.2, 0.25) is 11.2 Å². The molecule has 0 aliphatic rings. The Morgan fingerprint density at radius 2 is 1.54 bits per heavy atom. The number of benzene rings is 2. The van der Waals surface area contributed by atoms with Crippen LogP contribution in [0.5, 0.6) is 0 Å². The Balaban J connectivity index is 1.97. The lowest BCUT2D eigenvalue weighted by Crippen LogP contribution is -2.54. The lowest BCUT2D eigenvalue weighted by molar-refractivity contribution is -0.140. The summed E-state index contributed by atoms with van der Waals surface area (Å²) in [6.45, 7) is 2.67. The molecule has 11 heteroatoms. The summed E-state index contributed by atoms with van der Waals surface area (Å²) in [5.41, 5.74) is 0.758. The van der Waals surface area contributed by atoms with Crippen molar-refractivity contribution in [2.45, 2.75) is 39.0 Å². The summed E-state index contributed by atoms with van der Waals surface area (Å²) in [5, 5.41) is 14.4. The summed E-state index contributed by atoms with van der Waals surface area (Å²) in [4.78, 5) is 48.9. The van der Waals surface area contributed by atoms with Crippen LogP contribution in [0.15, 0.2) is 60.7 Å². The summed E-state index contributed by atoms with van der Waals surface area (Å²) < 4.78 is 22.5. The van der Waals surface area contributed by atoms with Crippen LogP contribution in [0, 0.1) is 5.92 Å². The molecule has 10 nitrogen and oxygen atoms in total. The molecule has 0 fully saturated rings. The molecule has 2 amide bonds. The lowest BCUT2D eigenvalue weighted by Gasteiger charge is -2.24. The fourth-order valence-corrected chi connectivity index (χ4v) is 3.76. The molecule has 2 aromatic rings. The second kappa shape index (κ2) is 13.9.